The van der Waals surface area contributed by atoms with Crippen molar-refractivity contribution in [3.8, 4) is 11.4 Å². The number of nitrogens with one attached hydrogen (secondary N) is 1. The van der Waals surface area contributed by atoms with Gasteiger partial charge in [-0.2, -0.15) is 17.7 Å². The zero-order valence-electron chi connectivity index (χ0n) is 16.6. The molecule has 7 nitrogen and oxygen atoms in total. The molecule has 0 spiro atoms. The molecule has 31 heavy (non-hydrogen) atoms. The molecule has 0 fully saturated rings. The molecule has 3 aromatic rings. The molecule has 0 aliphatic carbocycles. The molecule has 0 aliphatic heterocycles. The zero-order chi connectivity index (χ0) is 22.6. The molecule has 0 unspecified atom stereocenters. The van der Waals surface area contributed by atoms with Crippen molar-refractivity contribution in [3.63, 3.8) is 0 Å². The second kappa shape index (κ2) is 9.46. The van der Waals surface area contributed by atoms with Crippen molar-refractivity contribution in [2.75, 3.05) is 12.4 Å². The Labute approximate surface area is 179 Å². The van der Waals surface area contributed by atoms with Crippen molar-refractivity contribution in [2.24, 2.45) is 0 Å². The number of ether oxygens (including phenoxy) is 1. The molecule has 0 amide bonds. The van der Waals surface area contributed by atoms with Crippen molar-refractivity contribution in [1.82, 2.24) is 9.13 Å². The number of H-pyrrole nitrogens is 1. The predicted octanol–water partition coefficient (Wildman–Crippen LogP) is 3.52. The second-order valence-electron chi connectivity index (χ2n) is 6.68. The number of aromatic nitrogens is 3. The van der Waals surface area contributed by atoms with Gasteiger partial charge in [-0.25, -0.2) is 9.78 Å². The normalized spacial score (nSPS) is 11.7. The van der Waals surface area contributed by atoms with Crippen molar-refractivity contribution in [2.45, 2.75) is 37.6 Å². The van der Waals surface area contributed by atoms with E-state index in [0.29, 0.717) is 40.6 Å². The van der Waals surface area contributed by atoms with Gasteiger partial charge in [-0.15, -0.1) is 0 Å². The van der Waals surface area contributed by atoms with Gasteiger partial charge in [0.1, 0.15) is 16.8 Å². The first kappa shape index (κ1) is 22.7. The number of alkyl halides is 3. The summed E-state index contributed by atoms with van der Waals surface area (Å²) in [4.78, 5) is 27.2. The number of nitrogens with zero attached hydrogens (tertiary/aromatic N) is 2. The van der Waals surface area contributed by atoms with Crippen LogP contribution in [0.2, 0.25) is 0 Å². The second-order valence-corrected chi connectivity index (χ2v) is 7.76. The average Bonchev–Trinajstić information content (AvgIpc) is 3.13. The van der Waals surface area contributed by atoms with Crippen LogP contribution in [0.15, 0.2) is 46.5 Å². The summed E-state index contributed by atoms with van der Waals surface area (Å²) in [6, 6.07) is 7.45. The minimum Gasteiger partial charge on any atom is -0.484 e. The van der Waals surface area contributed by atoms with Crippen LogP contribution in [0.5, 0.6) is 5.75 Å². The average molecular weight is 456 g/mol. The number of thioether (sulfide) groups is 1. The third-order valence-corrected chi connectivity index (χ3v) is 5.49. The Morgan fingerprint density at radius 3 is 2.55 bits per heavy atom. The van der Waals surface area contributed by atoms with Gasteiger partial charge >= 0.3 is 17.7 Å². The van der Waals surface area contributed by atoms with Gasteiger partial charge in [0.15, 0.2) is 6.61 Å². The smallest absolute Gasteiger partial charge is 0.422 e. The number of carboxylic acid groups (broad SMARTS) is 1. The molecule has 11 heteroatoms. The molecule has 0 bridgehead atoms. The van der Waals surface area contributed by atoms with Gasteiger partial charge in [0.05, 0.1) is 12.7 Å². The number of aromatic amines is 1. The number of carboxylic acids is 1. The van der Waals surface area contributed by atoms with E-state index in [-0.39, 0.29) is 17.7 Å². The van der Waals surface area contributed by atoms with Crippen LogP contribution in [-0.4, -0.2) is 38.7 Å². The van der Waals surface area contributed by atoms with Crippen molar-refractivity contribution in [1.29, 1.82) is 0 Å². The lowest BCUT2D eigenvalue weighted by atomic mass is 10.3. The summed E-state index contributed by atoms with van der Waals surface area (Å²) >= 11 is 1.30. The lowest BCUT2D eigenvalue weighted by Gasteiger charge is -2.11. The SMILES string of the molecule is CCn1ccc2c(=O)n(-c3ccc(OCC(F)(F)F)cc3)c(SCCCC(=O)O)[nH+]c21. The maximum atomic E-state index is 13.2. The number of hydrogen-bond acceptors (Lipinski definition) is 4. The highest BCUT2D eigenvalue weighted by Crippen LogP contribution is 2.23. The summed E-state index contributed by atoms with van der Waals surface area (Å²) in [6.45, 7) is 1.19. The first-order chi connectivity index (χ1) is 14.7. The van der Waals surface area contributed by atoms with E-state index in [4.69, 9.17) is 9.84 Å². The van der Waals surface area contributed by atoms with E-state index in [0.717, 1.165) is 0 Å². The fourth-order valence-corrected chi connectivity index (χ4v) is 3.97. The minimum atomic E-state index is -4.44. The predicted molar refractivity (Wildman–Crippen MR) is 109 cm³/mol. The molecule has 0 aliphatic rings. The summed E-state index contributed by atoms with van der Waals surface area (Å²) in [5.41, 5.74) is 0.813. The van der Waals surface area contributed by atoms with Crippen LogP contribution >= 0.6 is 11.8 Å². The first-order valence-electron chi connectivity index (χ1n) is 9.51. The molecule has 2 aromatic heterocycles. The van der Waals surface area contributed by atoms with E-state index >= 15 is 0 Å². The Morgan fingerprint density at radius 1 is 1.23 bits per heavy atom. The Kier molecular flexibility index (Phi) is 6.94. The number of aryl methyl sites for hydroxylation is 1. The topological polar surface area (TPSA) is 87.6 Å². The number of halogens is 3. The third kappa shape index (κ3) is 5.60. The highest BCUT2D eigenvalue weighted by atomic mass is 32.2. The molecule has 3 rings (SSSR count). The lowest BCUT2D eigenvalue weighted by Crippen LogP contribution is -2.29. The summed E-state index contributed by atoms with van der Waals surface area (Å²) in [5.74, 6) is -0.397. The van der Waals surface area contributed by atoms with Crippen LogP contribution in [0.25, 0.3) is 16.7 Å². The Balaban J connectivity index is 1.97. The quantitative estimate of drug-likeness (QED) is 0.302. The van der Waals surface area contributed by atoms with Crippen LogP contribution in [0.3, 0.4) is 0 Å². The van der Waals surface area contributed by atoms with Gasteiger partial charge in [-0.1, -0.05) is 11.8 Å². The van der Waals surface area contributed by atoms with E-state index in [1.807, 2.05) is 11.5 Å². The number of carbonyl (C=O) groups is 1. The van der Waals surface area contributed by atoms with Crippen LogP contribution in [0.1, 0.15) is 19.8 Å². The van der Waals surface area contributed by atoms with Crippen molar-refractivity contribution in [3.05, 3.63) is 46.9 Å². The third-order valence-electron chi connectivity index (χ3n) is 4.44. The van der Waals surface area contributed by atoms with E-state index in [1.165, 1.54) is 40.6 Å². The number of rotatable bonds is 9. The number of benzene rings is 1. The van der Waals surface area contributed by atoms with Gasteiger partial charge in [0.25, 0.3) is 5.16 Å². The molecular formula is C20H21F3N3O4S+. The van der Waals surface area contributed by atoms with E-state index in [1.54, 1.807) is 12.3 Å². The van der Waals surface area contributed by atoms with Crippen LogP contribution < -0.4 is 15.3 Å². The summed E-state index contributed by atoms with van der Waals surface area (Å²) in [6.07, 6.45) is -2.23. The van der Waals surface area contributed by atoms with Crippen LogP contribution in [-0.2, 0) is 11.3 Å². The molecule has 2 N–H and O–H groups in total. The Bertz CT molecular complexity index is 1120. The highest BCUT2D eigenvalue weighted by molar-refractivity contribution is 7.99. The fraction of sp³-hybridized carbons (Fsp3) is 0.350. The van der Waals surface area contributed by atoms with Crippen LogP contribution in [0.4, 0.5) is 13.2 Å². The molecule has 0 radical (unpaired) electrons. The molecule has 0 saturated heterocycles. The van der Waals surface area contributed by atoms with Gasteiger partial charge in [-0.3, -0.25) is 9.36 Å². The maximum absolute atomic E-state index is 13.2. The first-order valence-corrected chi connectivity index (χ1v) is 10.5. The van der Waals surface area contributed by atoms with Gasteiger partial charge in [0.2, 0.25) is 5.65 Å². The maximum Gasteiger partial charge on any atom is 0.422 e. The molecule has 166 valence electrons. The number of aliphatic carboxylic acids is 1. The molecular weight excluding hydrogens is 435 g/mol. The van der Waals surface area contributed by atoms with E-state index in [2.05, 4.69) is 4.98 Å². The standard InChI is InChI=1S/C20H20F3N3O4S/c1-2-25-10-9-15-17(25)24-19(31-11-3-4-16(27)28)26(18(15)29)13-5-7-14(8-6-13)30-12-20(21,22)23/h5-10H,2-4,11-12H2,1H3,(H,27,28)/p+1. The van der Waals surface area contributed by atoms with E-state index in [9.17, 15) is 22.8 Å². The molecule has 0 atom stereocenters. The minimum absolute atomic E-state index is 0.00997. The van der Waals surface area contributed by atoms with Crippen molar-refractivity contribution >= 4 is 28.8 Å². The summed E-state index contributed by atoms with van der Waals surface area (Å²) in [5, 5.41) is 9.80. The molecule has 2 heterocycles. The monoisotopic (exact) mass is 456 g/mol. The van der Waals surface area contributed by atoms with Crippen LogP contribution in [0, 0.1) is 0 Å². The highest BCUT2D eigenvalue weighted by Gasteiger charge is 2.28. The summed E-state index contributed by atoms with van der Waals surface area (Å²) < 4.78 is 45.1. The number of fused-ring (bicyclic) bond motifs is 1. The summed E-state index contributed by atoms with van der Waals surface area (Å²) in [7, 11) is 0. The molecule has 1 aromatic carbocycles. The number of hydrogen-bond donors (Lipinski definition) is 1. The van der Waals surface area contributed by atoms with E-state index < -0.39 is 18.8 Å². The lowest BCUT2D eigenvalue weighted by molar-refractivity contribution is -0.409. The molecule has 0 saturated carbocycles. The van der Waals surface area contributed by atoms with Crippen molar-refractivity contribution < 1.29 is 32.8 Å². The fourth-order valence-electron chi connectivity index (χ4n) is 3.00. The Morgan fingerprint density at radius 2 is 1.94 bits per heavy atom. The Hall–Kier alpha value is -2.95. The largest absolute Gasteiger partial charge is 0.484 e. The van der Waals surface area contributed by atoms with Gasteiger partial charge < -0.3 is 9.84 Å². The van der Waals surface area contributed by atoms with Gasteiger partial charge in [-0.05, 0) is 43.7 Å². The van der Waals surface area contributed by atoms with Gasteiger partial charge in [0, 0.05) is 12.2 Å². The zero-order valence-corrected chi connectivity index (χ0v) is 17.4.